The molecule has 0 bridgehead atoms. The Morgan fingerprint density at radius 1 is 1.12 bits per heavy atom. The van der Waals surface area contributed by atoms with Crippen molar-refractivity contribution in [3.05, 3.63) is 5.82 Å². The molecule has 24 heavy (non-hydrogen) atoms. The van der Waals surface area contributed by atoms with Gasteiger partial charge < -0.3 is 4.90 Å². The molecule has 0 radical (unpaired) electrons. The van der Waals surface area contributed by atoms with Crippen LogP contribution in [0, 0.1) is 5.92 Å². The Morgan fingerprint density at radius 2 is 2.00 bits per heavy atom. The number of fused-ring (bicyclic) bond motifs is 1. The minimum atomic E-state index is 0.471. The highest BCUT2D eigenvalue weighted by molar-refractivity contribution is 5.32. The molecule has 2 aliphatic heterocycles. The van der Waals surface area contributed by atoms with Gasteiger partial charge in [0.2, 0.25) is 5.95 Å². The van der Waals surface area contributed by atoms with Crippen LogP contribution in [0.15, 0.2) is 0 Å². The molecule has 2 aromatic heterocycles. The first-order valence-corrected chi connectivity index (χ1v) is 8.72. The molecule has 4 heterocycles. The number of tetrazole rings is 2. The zero-order valence-corrected chi connectivity index (χ0v) is 14.3. The van der Waals surface area contributed by atoms with E-state index in [2.05, 4.69) is 47.8 Å². The van der Waals surface area contributed by atoms with Gasteiger partial charge in [-0.1, -0.05) is 12.0 Å². The third-order valence-corrected chi connectivity index (χ3v) is 5.12. The van der Waals surface area contributed by atoms with Crippen molar-refractivity contribution in [3.63, 3.8) is 0 Å². The van der Waals surface area contributed by atoms with Gasteiger partial charge in [0.05, 0.1) is 6.54 Å². The first-order valence-electron chi connectivity index (χ1n) is 8.72. The lowest BCUT2D eigenvalue weighted by molar-refractivity contribution is 0.297. The number of rotatable bonds is 5. The molecule has 130 valence electrons. The molecule has 0 aromatic carbocycles. The van der Waals surface area contributed by atoms with E-state index < -0.39 is 0 Å². The summed E-state index contributed by atoms with van der Waals surface area (Å²) in [6.45, 7) is 6.95. The van der Waals surface area contributed by atoms with E-state index in [0.717, 1.165) is 50.9 Å². The third kappa shape index (κ3) is 2.74. The molecule has 4 rings (SSSR count). The van der Waals surface area contributed by atoms with Crippen LogP contribution < -0.4 is 4.90 Å². The summed E-state index contributed by atoms with van der Waals surface area (Å²) in [7, 11) is 1.91. The van der Waals surface area contributed by atoms with Crippen LogP contribution in [0.2, 0.25) is 0 Å². The second kappa shape index (κ2) is 6.42. The zero-order valence-electron chi connectivity index (χ0n) is 14.3. The van der Waals surface area contributed by atoms with Gasteiger partial charge in [-0.3, -0.25) is 4.90 Å². The second-order valence-electron chi connectivity index (χ2n) is 6.78. The van der Waals surface area contributed by atoms with Crippen molar-refractivity contribution in [1.82, 2.24) is 45.3 Å². The minimum Gasteiger partial charge on any atom is -0.335 e. The summed E-state index contributed by atoms with van der Waals surface area (Å²) in [5.74, 6) is 2.50. The molecule has 2 aliphatic rings. The van der Waals surface area contributed by atoms with Crippen LogP contribution in [0.5, 0.6) is 0 Å². The second-order valence-corrected chi connectivity index (χ2v) is 6.78. The molecule has 2 saturated heterocycles. The van der Waals surface area contributed by atoms with Gasteiger partial charge in [-0.2, -0.15) is 0 Å². The highest BCUT2D eigenvalue weighted by Crippen LogP contribution is 2.33. The number of hydrogen-bond donors (Lipinski definition) is 0. The van der Waals surface area contributed by atoms with Crippen LogP contribution in [0.3, 0.4) is 0 Å². The molecule has 10 heteroatoms. The Kier molecular flexibility index (Phi) is 4.13. The molecule has 0 aliphatic carbocycles. The zero-order chi connectivity index (χ0) is 16.5. The summed E-state index contributed by atoms with van der Waals surface area (Å²) >= 11 is 0. The third-order valence-electron chi connectivity index (χ3n) is 5.12. The van der Waals surface area contributed by atoms with E-state index in [0.29, 0.717) is 12.0 Å². The minimum absolute atomic E-state index is 0.471. The Hall–Kier alpha value is -2.10. The van der Waals surface area contributed by atoms with Crippen LogP contribution in [0.1, 0.15) is 32.0 Å². The average Bonchev–Trinajstić information content (AvgIpc) is 3.28. The molecule has 0 N–H and O–H groups in total. The van der Waals surface area contributed by atoms with E-state index in [9.17, 15) is 0 Å². The first-order chi connectivity index (χ1) is 11.8. The van der Waals surface area contributed by atoms with E-state index in [1.54, 1.807) is 4.68 Å². The molecule has 0 saturated carbocycles. The molecule has 0 amide bonds. The van der Waals surface area contributed by atoms with Crippen LogP contribution in [0.4, 0.5) is 5.95 Å². The van der Waals surface area contributed by atoms with Crippen molar-refractivity contribution in [1.29, 1.82) is 0 Å². The number of hydrogen-bond acceptors (Lipinski definition) is 8. The maximum Gasteiger partial charge on any atom is 0.245 e. The van der Waals surface area contributed by atoms with Crippen molar-refractivity contribution >= 4 is 5.95 Å². The number of aromatic nitrogens is 8. The quantitative estimate of drug-likeness (QED) is 0.737. The SMILES string of the molecule is CCCn1nnnc1CN1C[C@H]2CCCN(c3nnnn3C)[C@H]2C1. The summed E-state index contributed by atoms with van der Waals surface area (Å²) in [6.07, 6.45) is 3.49. The fourth-order valence-corrected chi connectivity index (χ4v) is 4.04. The number of aryl methyl sites for hydroxylation is 2. The molecule has 2 fully saturated rings. The standard InChI is InChI=1S/C14H24N10/c1-3-6-24-13(15-17-20-24)10-22-8-11-5-4-7-23(12(11)9-22)14-16-18-19-21(14)2/h11-12H,3-10H2,1-2H3/t11-,12+/m1/s1. The lowest BCUT2D eigenvalue weighted by Gasteiger charge is -2.36. The molecule has 2 aromatic rings. The van der Waals surface area contributed by atoms with Crippen molar-refractivity contribution < 1.29 is 0 Å². The molecule has 10 nitrogen and oxygen atoms in total. The van der Waals surface area contributed by atoms with Crippen molar-refractivity contribution in [2.45, 2.75) is 45.3 Å². The van der Waals surface area contributed by atoms with Gasteiger partial charge >= 0.3 is 0 Å². The summed E-state index contributed by atoms with van der Waals surface area (Å²) in [5, 5.41) is 24.1. The number of piperidine rings is 1. The predicted molar refractivity (Wildman–Crippen MR) is 86.0 cm³/mol. The topological polar surface area (TPSA) is 93.7 Å². The Labute approximate surface area is 140 Å². The molecular weight excluding hydrogens is 308 g/mol. The maximum absolute atomic E-state index is 4.21. The summed E-state index contributed by atoms with van der Waals surface area (Å²) in [4.78, 5) is 4.85. The average molecular weight is 332 g/mol. The van der Waals surface area contributed by atoms with Gasteiger partial charge in [-0.25, -0.2) is 9.36 Å². The highest BCUT2D eigenvalue weighted by Gasteiger charge is 2.40. The van der Waals surface area contributed by atoms with E-state index in [4.69, 9.17) is 0 Å². The normalized spacial score (nSPS) is 24.5. The van der Waals surface area contributed by atoms with Gasteiger partial charge in [0.25, 0.3) is 0 Å². The van der Waals surface area contributed by atoms with Crippen molar-refractivity contribution in [2.75, 3.05) is 24.5 Å². The molecule has 0 unspecified atom stereocenters. The van der Waals surface area contributed by atoms with Crippen molar-refractivity contribution in [3.8, 4) is 0 Å². The van der Waals surface area contributed by atoms with E-state index in [-0.39, 0.29) is 0 Å². The van der Waals surface area contributed by atoms with Crippen LogP contribution in [-0.2, 0) is 20.1 Å². The summed E-state index contributed by atoms with van der Waals surface area (Å²) in [6, 6.07) is 0.471. The molecule has 2 atom stereocenters. The lowest BCUT2D eigenvalue weighted by Crippen LogP contribution is -2.46. The fourth-order valence-electron chi connectivity index (χ4n) is 4.04. The van der Waals surface area contributed by atoms with Crippen molar-refractivity contribution in [2.24, 2.45) is 13.0 Å². The largest absolute Gasteiger partial charge is 0.335 e. The Balaban J connectivity index is 1.48. The van der Waals surface area contributed by atoms with Crippen LogP contribution in [0.25, 0.3) is 0 Å². The first kappa shape index (κ1) is 15.4. The maximum atomic E-state index is 4.21. The lowest BCUT2D eigenvalue weighted by atomic mass is 9.92. The number of anilines is 1. The molecular formula is C14H24N10. The fraction of sp³-hybridized carbons (Fsp3) is 0.857. The van der Waals surface area contributed by atoms with Gasteiger partial charge in [0.1, 0.15) is 0 Å². The Bertz CT molecular complexity index is 679. The summed E-state index contributed by atoms with van der Waals surface area (Å²) < 4.78 is 3.69. The van der Waals surface area contributed by atoms with Crippen LogP contribution >= 0.6 is 0 Å². The number of nitrogens with zero attached hydrogens (tertiary/aromatic N) is 10. The van der Waals surface area contributed by atoms with E-state index in [1.165, 1.54) is 12.8 Å². The van der Waals surface area contributed by atoms with Gasteiger partial charge in [0, 0.05) is 39.3 Å². The number of likely N-dealkylation sites (tertiary alicyclic amines) is 1. The van der Waals surface area contributed by atoms with Gasteiger partial charge in [-0.05, 0) is 46.0 Å². The smallest absolute Gasteiger partial charge is 0.245 e. The summed E-state index contributed by atoms with van der Waals surface area (Å²) in [5.41, 5.74) is 0. The highest BCUT2D eigenvalue weighted by atomic mass is 15.6. The van der Waals surface area contributed by atoms with Crippen LogP contribution in [-0.4, -0.2) is 71.0 Å². The van der Waals surface area contributed by atoms with E-state index in [1.807, 2.05) is 11.7 Å². The van der Waals surface area contributed by atoms with Gasteiger partial charge in [0.15, 0.2) is 5.82 Å². The van der Waals surface area contributed by atoms with E-state index >= 15 is 0 Å². The molecule has 0 spiro atoms. The monoisotopic (exact) mass is 332 g/mol. The predicted octanol–water partition coefficient (Wildman–Crippen LogP) is -0.293. The Morgan fingerprint density at radius 3 is 2.79 bits per heavy atom. The van der Waals surface area contributed by atoms with Gasteiger partial charge in [-0.15, -0.1) is 5.10 Å².